The third kappa shape index (κ3) is 4.35. The van der Waals surface area contributed by atoms with Crippen molar-refractivity contribution < 1.29 is 19.1 Å². The van der Waals surface area contributed by atoms with Crippen molar-refractivity contribution in [2.45, 2.75) is 25.7 Å². The Bertz CT molecular complexity index is 667. The third-order valence-corrected chi connectivity index (χ3v) is 5.45. The molecule has 0 saturated carbocycles. The SMILES string of the molecule is CCCN1CC(C(=O)NCC(OC)OC)C2NN(c3ccccc3)C(=O)C2C1. The van der Waals surface area contributed by atoms with Crippen LogP contribution in [-0.2, 0) is 19.1 Å². The number of nitrogens with one attached hydrogen (secondary N) is 2. The van der Waals surface area contributed by atoms with Gasteiger partial charge in [-0.2, -0.15) is 0 Å². The van der Waals surface area contributed by atoms with E-state index in [1.807, 2.05) is 30.3 Å². The topological polar surface area (TPSA) is 83.1 Å². The molecule has 3 rings (SSSR count). The molecule has 0 radical (unpaired) electrons. The zero-order valence-corrected chi connectivity index (χ0v) is 16.8. The van der Waals surface area contributed by atoms with Gasteiger partial charge in [-0.15, -0.1) is 0 Å². The van der Waals surface area contributed by atoms with Gasteiger partial charge in [-0.25, -0.2) is 10.4 Å². The van der Waals surface area contributed by atoms with E-state index in [4.69, 9.17) is 9.47 Å². The molecule has 28 heavy (non-hydrogen) atoms. The van der Waals surface area contributed by atoms with Gasteiger partial charge >= 0.3 is 0 Å². The zero-order chi connectivity index (χ0) is 20.1. The van der Waals surface area contributed by atoms with Crippen LogP contribution in [0.5, 0.6) is 0 Å². The van der Waals surface area contributed by atoms with Crippen LogP contribution in [0.3, 0.4) is 0 Å². The number of benzene rings is 1. The first-order valence-electron chi connectivity index (χ1n) is 9.79. The molecule has 3 unspecified atom stereocenters. The van der Waals surface area contributed by atoms with E-state index < -0.39 is 6.29 Å². The summed E-state index contributed by atoms with van der Waals surface area (Å²) in [6, 6.07) is 9.26. The molecule has 2 aliphatic rings. The van der Waals surface area contributed by atoms with Gasteiger partial charge in [-0.05, 0) is 25.1 Å². The van der Waals surface area contributed by atoms with E-state index in [-0.39, 0.29) is 36.2 Å². The van der Waals surface area contributed by atoms with Crippen molar-refractivity contribution in [2.75, 3.05) is 45.4 Å². The lowest BCUT2D eigenvalue weighted by molar-refractivity contribution is -0.134. The summed E-state index contributed by atoms with van der Waals surface area (Å²) in [5.74, 6) is -0.666. The summed E-state index contributed by atoms with van der Waals surface area (Å²) in [6.07, 6.45) is 0.486. The van der Waals surface area contributed by atoms with E-state index in [0.29, 0.717) is 13.1 Å². The number of para-hydroxylation sites is 1. The lowest BCUT2D eigenvalue weighted by Crippen LogP contribution is -2.57. The van der Waals surface area contributed by atoms with Gasteiger partial charge < -0.3 is 19.7 Å². The quantitative estimate of drug-likeness (QED) is 0.633. The molecular weight excluding hydrogens is 360 g/mol. The maximum atomic E-state index is 13.1. The van der Waals surface area contributed by atoms with Crippen LogP contribution in [0.25, 0.3) is 0 Å². The standard InChI is InChI=1S/C20H30N4O4/c1-4-10-23-12-15(19(25)21-11-17(27-2)28-3)18-16(13-23)20(26)24(22-18)14-8-6-5-7-9-14/h5-9,15-18,22H,4,10-13H2,1-3H3,(H,21,25). The van der Waals surface area contributed by atoms with Gasteiger partial charge in [-0.3, -0.25) is 9.59 Å². The molecule has 8 nitrogen and oxygen atoms in total. The van der Waals surface area contributed by atoms with Gasteiger partial charge in [0.25, 0.3) is 0 Å². The Morgan fingerprint density at radius 2 is 1.96 bits per heavy atom. The van der Waals surface area contributed by atoms with E-state index in [2.05, 4.69) is 22.6 Å². The van der Waals surface area contributed by atoms with Crippen molar-refractivity contribution >= 4 is 17.5 Å². The highest BCUT2D eigenvalue weighted by Crippen LogP contribution is 2.31. The number of amides is 2. The molecule has 0 aromatic heterocycles. The van der Waals surface area contributed by atoms with Crippen LogP contribution in [0.2, 0.25) is 0 Å². The maximum absolute atomic E-state index is 13.1. The Balaban J connectivity index is 1.77. The monoisotopic (exact) mass is 390 g/mol. The van der Waals surface area contributed by atoms with Crippen molar-refractivity contribution in [3.05, 3.63) is 30.3 Å². The summed E-state index contributed by atoms with van der Waals surface area (Å²) in [7, 11) is 3.07. The number of piperidine rings is 1. The van der Waals surface area contributed by atoms with E-state index in [1.54, 1.807) is 5.01 Å². The second kappa shape index (κ2) is 9.47. The smallest absolute Gasteiger partial charge is 0.247 e. The Morgan fingerprint density at radius 3 is 2.61 bits per heavy atom. The van der Waals surface area contributed by atoms with Gasteiger partial charge in [0, 0.05) is 27.3 Å². The van der Waals surface area contributed by atoms with E-state index >= 15 is 0 Å². The molecule has 2 saturated heterocycles. The molecule has 154 valence electrons. The number of hydrogen-bond acceptors (Lipinski definition) is 6. The molecule has 0 spiro atoms. The van der Waals surface area contributed by atoms with Crippen molar-refractivity contribution in [1.82, 2.24) is 15.6 Å². The van der Waals surface area contributed by atoms with Gasteiger partial charge in [0.2, 0.25) is 11.8 Å². The number of methoxy groups -OCH3 is 2. The van der Waals surface area contributed by atoms with Crippen LogP contribution >= 0.6 is 0 Å². The molecule has 2 amide bonds. The van der Waals surface area contributed by atoms with Crippen molar-refractivity contribution in [1.29, 1.82) is 0 Å². The number of hydrazine groups is 1. The van der Waals surface area contributed by atoms with Crippen molar-refractivity contribution in [3.63, 3.8) is 0 Å². The highest BCUT2D eigenvalue weighted by Gasteiger charge is 2.50. The predicted octanol–water partition coefficient (Wildman–Crippen LogP) is 0.600. The minimum Gasteiger partial charge on any atom is -0.354 e. The molecule has 0 aliphatic carbocycles. The second-order valence-electron chi connectivity index (χ2n) is 7.28. The Kier molecular flexibility index (Phi) is 7.01. The van der Waals surface area contributed by atoms with E-state index in [0.717, 1.165) is 18.7 Å². The summed E-state index contributed by atoms with van der Waals surface area (Å²) in [4.78, 5) is 28.3. The predicted molar refractivity (Wildman–Crippen MR) is 105 cm³/mol. The molecule has 0 bridgehead atoms. The molecule has 8 heteroatoms. The number of fused-ring (bicyclic) bond motifs is 1. The first kappa shape index (κ1) is 20.7. The third-order valence-electron chi connectivity index (χ3n) is 5.45. The largest absolute Gasteiger partial charge is 0.354 e. The molecule has 2 N–H and O–H groups in total. The lowest BCUT2D eigenvalue weighted by atomic mass is 9.84. The lowest BCUT2D eigenvalue weighted by Gasteiger charge is -2.38. The minimum absolute atomic E-state index is 0.0152. The highest BCUT2D eigenvalue weighted by atomic mass is 16.7. The molecule has 2 aliphatic heterocycles. The summed E-state index contributed by atoms with van der Waals surface area (Å²) in [6.45, 7) is 4.52. The van der Waals surface area contributed by atoms with Crippen LogP contribution in [0, 0.1) is 11.8 Å². The summed E-state index contributed by atoms with van der Waals surface area (Å²) < 4.78 is 10.3. The second-order valence-corrected chi connectivity index (χ2v) is 7.28. The van der Waals surface area contributed by atoms with Crippen LogP contribution < -0.4 is 15.8 Å². The summed E-state index contributed by atoms with van der Waals surface area (Å²) >= 11 is 0. The van der Waals surface area contributed by atoms with Crippen molar-refractivity contribution in [2.24, 2.45) is 11.8 Å². The Hall–Kier alpha value is -2.00. The fourth-order valence-electron chi connectivity index (χ4n) is 4.03. The summed E-state index contributed by atoms with van der Waals surface area (Å²) in [5, 5.41) is 4.51. The number of nitrogens with zero attached hydrogens (tertiary/aromatic N) is 2. The number of anilines is 1. The molecule has 1 aromatic rings. The molecular formula is C20H30N4O4. The highest BCUT2D eigenvalue weighted by molar-refractivity contribution is 5.98. The number of ether oxygens (including phenoxy) is 2. The molecule has 2 fully saturated rings. The number of likely N-dealkylation sites (tertiary alicyclic amines) is 1. The van der Waals surface area contributed by atoms with Crippen LogP contribution in [0.15, 0.2) is 30.3 Å². The fourth-order valence-corrected chi connectivity index (χ4v) is 4.03. The first-order valence-corrected chi connectivity index (χ1v) is 9.79. The minimum atomic E-state index is -0.492. The fraction of sp³-hybridized carbons (Fsp3) is 0.600. The van der Waals surface area contributed by atoms with Crippen LogP contribution in [-0.4, -0.2) is 69.4 Å². The van der Waals surface area contributed by atoms with Gasteiger partial charge in [0.15, 0.2) is 6.29 Å². The molecule has 3 atom stereocenters. The van der Waals surface area contributed by atoms with E-state index in [9.17, 15) is 9.59 Å². The van der Waals surface area contributed by atoms with Gasteiger partial charge in [0.05, 0.1) is 30.1 Å². The van der Waals surface area contributed by atoms with Gasteiger partial charge in [-0.1, -0.05) is 25.1 Å². The maximum Gasteiger partial charge on any atom is 0.247 e. The van der Waals surface area contributed by atoms with Crippen LogP contribution in [0.1, 0.15) is 13.3 Å². The van der Waals surface area contributed by atoms with Crippen molar-refractivity contribution in [3.8, 4) is 0 Å². The zero-order valence-electron chi connectivity index (χ0n) is 16.8. The normalized spacial score (nSPS) is 25.2. The Labute approximate surface area is 166 Å². The van der Waals surface area contributed by atoms with Gasteiger partial charge in [0.1, 0.15) is 0 Å². The number of hydrogen-bond donors (Lipinski definition) is 2. The average molecular weight is 390 g/mol. The molecule has 1 aromatic carbocycles. The Morgan fingerprint density at radius 1 is 1.25 bits per heavy atom. The summed E-state index contributed by atoms with van der Waals surface area (Å²) in [5.41, 5.74) is 4.10. The van der Waals surface area contributed by atoms with E-state index in [1.165, 1.54) is 14.2 Å². The number of rotatable bonds is 8. The number of carbonyl (C=O) groups excluding carboxylic acids is 2. The number of carbonyl (C=O) groups is 2. The van der Waals surface area contributed by atoms with Crippen LogP contribution in [0.4, 0.5) is 5.69 Å². The average Bonchev–Trinajstić information content (AvgIpc) is 3.05. The molecule has 2 heterocycles. The first-order chi connectivity index (χ1) is 13.6.